The van der Waals surface area contributed by atoms with Crippen LogP contribution in [-0.4, -0.2) is 5.11 Å². The zero-order chi connectivity index (χ0) is 28.1. The minimum absolute atomic E-state index is 0.0396. The van der Waals surface area contributed by atoms with E-state index in [1.54, 1.807) is 54.6 Å². The van der Waals surface area contributed by atoms with Gasteiger partial charge in [0.25, 0.3) is 0 Å². The summed E-state index contributed by atoms with van der Waals surface area (Å²) in [7, 11) is 0. The third-order valence-corrected chi connectivity index (χ3v) is 7.58. The van der Waals surface area contributed by atoms with Crippen molar-refractivity contribution in [3.63, 3.8) is 0 Å². The summed E-state index contributed by atoms with van der Waals surface area (Å²) in [5.41, 5.74) is 2.21. The van der Waals surface area contributed by atoms with Crippen LogP contribution in [-0.2, 0) is 0 Å². The summed E-state index contributed by atoms with van der Waals surface area (Å²) < 4.78 is 18.8. The maximum atomic E-state index is 12.4. The van der Waals surface area contributed by atoms with Crippen molar-refractivity contribution in [3.8, 4) is 17.1 Å². The molecule has 0 saturated carbocycles. The van der Waals surface area contributed by atoms with E-state index in [-0.39, 0.29) is 22.2 Å². The van der Waals surface area contributed by atoms with Crippen LogP contribution >= 0.6 is 55.1 Å². The van der Waals surface area contributed by atoms with Crippen LogP contribution in [0, 0.1) is 0 Å². The van der Waals surface area contributed by atoms with Gasteiger partial charge in [0.15, 0.2) is 11.0 Å². The molecule has 0 aliphatic heterocycles. The van der Waals surface area contributed by atoms with Gasteiger partial charge < -0.3 is 18.4 Å². The van der Waals surface area contributed by atoms with Crippen molar-refractivity contribution in [2.75, 3.05) is 0 Å². The number of furan rings is 1. The molecule has 0 fully saturated rings. The lowest BCUT2D eigenvalue weighted by molar-refractivity contribution is 0.474. The van der Waals surface area contributed by atoms with E-state index >= 15 is 0 Å². The summed E-state index contributed by atoms with van der Waals surface area (Å²) in [5.74, 6) is 0.335. The van der Waals surface area contributed by atoms with Crippen molar-refractivity contribution in [2.24, 2.45) is 0 Å². The van der Waals surface area contributed by atoms with Crippen LogP contribution < -0.4 is 10.9 Å². The number of fused-ring (bicyclic) bond motifs is 5. The highest BCUT2D eigenvalue weighted by Crippen LogP contribution is 2.34. The average molecular weight is 701 g/mol. The third-order valence-electron chi connectivity index (χ3n) is 6.13. The molecular formula is C30H14Br2Cl2O6. The second-order valence-electron chi connectivity index (χ2n) is 8.75. The van der Waals surface area contributed by atoms with E-state index in [4.69, 9.17) is 36.5 Å². The lowest BCUT2D eigenvalue weighted by Crippen LogP contribution is -2.00. The van der Waals surface area contributed by atoms with Crippen molar-refractivity contribution < 1.29 is 18.4 Å². The summed E-state index contributed by atoms with van der Waals surface area (Å²) >= 11 is 18.6. The number of aromatic hydroxyl groups is 1. The Morgan fingerprint density at radius 3 is 1.98 bits per heavy atom. The van der Waals surface area contributed by atoms with Gasteiger partial charge >= 0.3 is 0 Å². The standard InChI is InChI=1S/C15H6BrClO3.C15H8BrClO3/c16-7-1-4-11-10(5-7)14-15(19-11)13(18)9-3-2-8(17)6-12(9)20-14;16-8-1-4-12(18)11(5-8)15-7-13(19)10-3-2-9(17)6-14(10)20-15/h1-6H;1-7,18H. The van der Waals surface area contributed by atoms with Crippen molar-refractivity contribution in [2.45, 2.75) is 0 Å². The largest absolute Gasteiger partial charge is 0.507 e. The fourth-order valence-electron chi connectivity index (χ4n) is 4.27. The van der Waals surface area contributed by atoms with Gasteiger partial charge in [-0.1, -0.05) is 55.1 Å². The summed E-state index contributed by atoms with van der Waals surface area (Å²) in [4.78, 5) is 24.5. The highest BCUT2D eigenvalue weighted by Gasteiger charge is 2.16. The average Bonchev–Trinajstić information content (AvgIpc) is 3.28. The van der Waals surface area contributed by atoms with E-state index in [1.165, 1.54) is 12.1 Å². The van der Waals surface area contributed by atoms with Crippen molar-refractivity contribution in [1.82, 2.24) is 0 Å². The molecule has 0 bridgehead atoms. The van der Waals surface area contributed by atoms with Gasteiger partial charge in [0.1, 0.15) is 28.3 Å². The Bertz CT molecular complexity index is 2230. The molecule has 198 valence electrons. The summed E-state index contributed by atoms with van der Waals surface area (Å²) in [6.45, 7) is 0. The number of rotatable bonds is 1. The molecule has 7 rings (SSSR count). The van der Waals surface area contributed by atoms with E-state index in [2.05, 4.69) is 31.9 Å². The summed E-state index contributed by atoms with van der Waals surface area (Å²) in [6.07, 6.45) is 0. The van der Waals surface area contributed by atoms with Crippen molar-refractivity contribution in [1.29, 1.82) is 0 Å². The highest BCUT2D eigenvalue weighted by atomic mass is 79.9. The monoisotopic (exact) mass is 698 g/mol. The van der Waals surface area contributed by atoms with Gasteiger partial charge in [0, 0.05) is 37.2 Å². The van der Waals surface area contributed by atoms with Gasteiger partial charge in [-0.05, 0) is 60.7 Å². The predicted molar refractivity (Wildman–Crippen MR) is 165 cm³/mol. The zero-order valence-corrected chi connectivity index (χ0v) is 24.7. The van der Waals surface area contributed by atoms with E-state index in [1.807, 2.05) is 12.1 Å². The molecule has 3 aromatic heterocycles. The molecule has 10 heteroatoms. The fraction of sp³-hybridized carbons (Fsp3) is 0. The van der Waals surface area contributed by atoms with E-state index in [9.17, 15) is 14.7 Å². The number of hydrogen-bond acceptors (Lipinski definition) is 6. The van der Waals surface area contributed by atoms with E-state index in [0.29, 0.717) is 54.5 Å². The van der Waals surface area contributed by atoms with Crippen LogP contribution in [0.25, 0.3) is 55.4 Å². The first-order valence-corrected chi connectivity index (χ1v) is 14.0. The molecule has 0 atom stereocenters. The van der Waals surface area contributed by atoms with Gasteiger partial charge in [-0.25, -0.2) is 0 Å². The lowest BCUT2D eigenvalue weighted by atomic mass is 10.1. The molecule has 0 spiro atoms. The van der Waals surface area contributed by atoms with Gasteiger partial charge in [-0.3, -0.25) is 9.59 Å². The third kappa shape index (κ3) is 4.92. The van der Waals surface area contributed by atoms with Gasteiger partial charge in [-0.15, -0.1) is 0 Å². The molecular weight excluding hydrogens is 687 g/mol. The quantitative estimate of drug-likeness (QED) is 0.183. The molecule has 0 radical (unpaired) electrons. The molecule has 0 unspecified atom stereocenters. The maximum absolute atomic E-state index is 12.4. The Labute approximate surface area is 251 Å². The molecule has 1 N–H and O–H groups in total. The van der Waals surface area contributed by atoms with Gasteiger partial charge in [0.05, 0.1) is 21.7 Å². The van der Waals surface area contributed by atoms with E-state index in [0.717, 1.165) is 14.3 Å². The summed E-state index contributed by atoms with van der Waals surface area (Å²) in [6, 6.07) is 21.6. The molecule has 4 aromatic carbocycles. The highest BCUT2D eigenvalue weighted by molar-refractivity contribution is 9.10. The number of halogens is 4. The van der Waals surface area contributed by atoms with Crippen LogP contribution in [0.4, 0.5) is 0 Å². The Morgan fingerprint density at radius 2 is 1.23 bits per heavy atom. The zero-order valence-electron chi connectivity index (χ0n) is 20.0. The maximum Gasteiger partial charge on any atom is 0.235 e. The first-order chi connectivity index (χ1) is 19.2. The Balaban J connectivity index is 0.000000145. The number of benzene rings is 4. The lowest BCUT2D eigenvalue weighted by Gasteiger charge is -2.06. The molecule has 0 amide bonds. The van der Waals surface area contributed by atoms with Crippen LogP contribution in [0.2, 0.25) is 10.0 Å². The minimum Gasteiger partial charge on any atom is -0.507 e. The first kappa shape index (κ1) is 26.7. The minimum atomic E-state index is -0.190. The van der Waals surface area contributed by atoms with Gasteiger partial charge in [0.2, 0.25) is 11.0 Å². The van der Waals surface area contributed by atoms with E-state index < -0.39 is 0 Å². The number of phenols is 1. The second kappa shape index (κ2) is 10.4. The normalized spacial score (nSPS) is 11.3. The van der Waals surface area contributed by atoms with Crippen LogP contribution in [0.15, 0.2) is 111 Å². The predicted octanol–water partition coefficient (Wildman–Crippen LogP) is 9.69. The van der Waals surface area contributed by atoms with Gasteiger partial charge in [-0.2, -0.15) is 0 Å². The molecule has 3 heterocycles. The Hall–Kier alpha value is -3.56. The summed E-state index contributed by atoms with van der Waals surface area (Å²) in [5, 5.41) is 12.6. The Kier molecular flexibility index (Phi) is 6.96. The molecule has 6 nitrogen and oxygen atoms in total. The molecule has 0 aliphatic carbocycles. The molecule has 0 saturated heterocycles. The molecule has 0 aliphatic rings. The molecule has 7 aromatic rings. The van der Waals surface area contributed by atoms with Crippen molar-refractivity contribution >= 4 is 99.1 Å². The SMILES string of the molecule is O=c1c2ccc(Cl)cc2oc2c1oc1ccc(Br)cc12.O=c1cc(-c2cc(Br)ccc2O)oc2cc(Cl)ccc12. The smallest absolute Gasteiger partial charge is 0.235 e. The van der Waals surface area contributed by atoms with Crippen LogP contribution in [0.3, 0.4) is 0 Å². The van der Waals surface area contributed by atoms with Crippen LogP contribution in [0.5, 0.6) is 5.75 Å². The Morgan fingerprint density at radius 1 is 0.600 bits per heavy atom. The van der Waals surface area contributed by atoms with Crippen LogP contribution in [0.1, 0.15) is 0 Å². The number of phenolic OH excluding ortho intramolecular Hbond substituents is 1. The second-order valence-corrected chi connectivity index (χ2v) is 11.5. The van der Waals surface area contributed by atoms with Crippen molar-refractivity contribution in [3.05, 3.63) is 118 Å². The topological polar surface area (TPSA) is 93.8 Å². The number of hydrogen-bond donors (Lipinski definition) is 1. The molecule has 40 heavy (non-hydrogen) atoms. The first-order valence-electron chi connectivity index (χ1n) is 11.6. The fourth-order valence-corrected chi connectivity index (χ4v) is 5.31.